The number of hydrogen-bond donors (Lipinski definition) is 1. The predicted molar refractivity (Wildman–Crippen MR) is 44.6 cm³/mol. The van der Waals surface area contributed by atoms with Crippen LogP contribution in [-0.4, -0.2) is 5.11 Å². The van der Waals surface area contributed by atoms with Crippen LogP contribution >= 0.6 is 0 Å². The summed E-state index contributed by atoms with van der Waals surface area (Å²) in [4.78, 5) is 0. The van der Waals surface area contributed by atoms with Crippen LogP contribution in [-0.2, 0) is 12.8 Å². The van der Waals surface area contributed by atoms with Crippen molar-refractivity contribution in [3.8, 4) is 0 Å². The largest absolute Gasteiger partial charge is 0.516 e. The summed E-state index contributed by atoms with van der Waals surface area (Å²) in [5.41, 5.74) is 3.83. The van der Waals surface area contributed by atoms with Crippen LogP contribution in [0, 0.1) is 0 Å². The Morgan fingerprint density at radius 2 is 1.64 bits per heavy atom. The van der Waals surface area contributed by atoms with Crippen LogP contribution < -0.4 is 0 Å². The minimum atomic E-state index is 0.923. The summed E-state index contributed by atoms with van der Waals surface area (Å²) in [5.74, 6) is 0. The van der Waals surface area contributed by atoms with Crippen molar-refractivity contribution in [3.05, 3.63) is 47.2 Å². The van der Waals surface area contributed by atoms with Crippen molar-refractivity contribution in [2.75, 3.05) is 0 Å². The number of fused-ring (bicyclic) bond motifs is 1. The first-order valence-electron chi connectivity index (χ1n) is 3.79. The Kier molecular flexibility index (Phi) is 1.42. The molecule has 1 nitrogen and oxygen atoms in total. The van der Waals surface area contributed by atoms with Crippen molar-refractivity contribution < 1.29 is 5.11 Å². The van der Waals surface area contributed by atoms with Crippen molar-refractivity contribution in [2.24, 2.45) is 0 Å². The molecule has 1 heteroatoms. The van der Waals surface area contributed by atoms with Gasteiger partial charge >= 0.3 is 0 Å². The van der Waals surface area contributed by atoms with E-state index in [1.165, 1.54) is 17.4 Å². The highest BCUT2D eigenvalue weighted by Crippen LogP contribution is 2.24. The van der Waals surface area contributed by atoms with E-state index in [1.807, 2.05) is 12.1 Å². The second-order valence-corrected chi connectivity index (χ2v) is 2.91. The first-order chi connectivity index (χ1) is 5.40. The molecule has 1 aromatic rings. The summed E-state index contributed by atoms with van der Waals surface area (Å²) < 4.78 is 0. The number of aliphatic hydroxyl groups excluding tert-OH is 1. The monoisotopic (exact) mass is 146 g/mol. The Morgan fingerprint density at radius 3 is 2.09 bits per heavy atom. The van der Waals surface area contributed by atoms with Gasteiger partial charge in [-0.25, -0.2) is 0 Å². The van der Waals surface area contributed by atoms with E-state index in [-0.39, 0.29) is 0 Å². The molecule has 0 spiro atoms. The summed E-state index contributed by atoms with van der Waals surface area (Å²) >= 11 is 0. The third kappa shape index (κ3) is 1.03. The highest BCUT2D eigenvalue weighted by atomic mass is 16.2. The van der Waals surface area contributed by atoms with Gasteiger partial charge in [0.1, 0.15) is 0 Å². The number of hydrogen-bond acceptors (Lipinski definition) is 1. The molecule has 0 radical (unpaired) electrons. The Hall–Kier alpha value is -1.24. The molecule has 2 rings (SSSR count). The maximum atomic E-state index is 8.78. The van der Waals surface area contributed by atoms with Gasteiger partial charge in [-0.2, -0.15) is 0 Å². The standard InChI is InChI=1S/C10H10O/c11-7-8-5-9-3-1-2-4-10(9)6-8/h1-4,7,11H,5-6H2. The van der Waals surface area contributed by atoms with Crippen LogP contribution in [0.3, 0.4) is 0 Å². The molecule has 0 unspecified atom stereocenters. The van der Waals surface area contributed by atoms with Gasteiger partial charge in [0, 0.05) is 0 Å². The van der Waals surface area contributed by atoms with Gasteiger partial charge in [-0.3, -0.25) is 0 Å². The quantitative estimate of drug-likeness (QED) is 0.556. The first kappa shape index (κ1) is 6.47. The second kappa shape index (κ2) is 2.42. The summed E-state index contributed by atoms with van der Waals surface area (Å²) in [7, 11) is 0. The number of aliphatic hydroxyl groups is 1. The highest BCUT2D eigenvalue weighted by Gasteiger charge is 2.13. The molecule has 1 aliphatic carbocycles. The van der Waals surface area contributed by atoms with E-state index in [0.717, 1.165) is 18.4 Å². The van der Waals surface area contributed by atoms with Gasteiger partial charge in [0.2, 0.25) is 0 Å². The van der Waals surface area contributed by atoms with Crippen LogP contribution in [0.15, 0.2) is 36.1 Å². The van der Waals surface area contributed by atoms with Gasteiger partial charge < -0.3 is 5.11 Å². The molecular formula is C10H10O. The lowest BCUT2D eigenvalue weighted by Crippen LogP contribution is -1.78. The minimum Gasteiger partial charge on any atom is -0.516 e. The van der Waals surface area contributed by atoms with Crippen molar-refractivity contribution in [1.29, 1.82) is 0 Å². The zero-order chi connectivity index (χ0) is 7.68. The minimum absolute atomic E-state index is 0.923. The summed E-state index contributed by atoms with van der Waals surface area (Å²) in [6.45, 7) is 0. The average Bonchev–Trinajstić information content (AvgIpc) is 2.46. The van der Waals surface area contributed by atoms with E-state index < -0.39 is 0 Å². The maximum absolute atomic E-state index is 8.78. The molecule has 1 aliphatic rings. The Morgan fingerprint density at radius 1 is 1.09 bits per heavy atom. The van der Waals surface area contributed by atoms with Gasteiger partial charge in [0.15, 0.2) is 0 Å². The SMILES string of the molecule is OC=C1Cc2ccccc2C1. The van der Waals surface area contributed by atoms with Crippen LogP contribution in [0.25, 0.3) is 0 Å². The van der Waals surface area contributed by atoms with Crippen LogP contribution in [0.5, 0.6) is 0 Å². The number of rotatable bonds is 0. The average molecular weight is 146 g/mol. The molecule has 1 aromatic carbocycles. The zero-order valence-corrected chi connectivity index (χ0v) is 6.25. The van der Waals surface area contributed by atoms with Crippen molar-refractivity contribution in [2.45, 2.75) is 12.8 Å². The molecule has 0 amide bonds. The van der Waals surface area contributed by atoms with Crippen LogP contribution in [0.2, 0.25) is 0 Å². The van der Waals surface area contributed by atoms with E-state index in [2.05, 4.69) is 12.1 Å². The molecule has 0 atom stereocenters. The first-order valence-corrected chi connectivity index (χ1v) is 3.79. The third-order valence-corrected chi connectivity index (χ3v) is 2.14. The van der Waals surface area contributed by atoms with Crippen molar-refractivity contribution >= 4 is 0 Å². The lowest BCUT2D eigenvalue weighted by molar-refractivity contribution is 0.465. The van der Waals surface area contributed by atoms with Crippen molar-refractivity contribution in [3.63, 3.8) is 0 Å². The van der Waals surface area contributed by atoms with E-state index in [1.54, 1.807) is 0 Å². The third-order valence-electron chi connectivity index (χ3n) is 2.14. The smallest absolute Gasteiger partial charge is 0.0790 e. The van der Waals surface area contributed by atoms with E-state index >= 15 is 0 Å². The Balaban J connectivity index is 2.41. The summed E-state index contributed by atoms with van der Waals surface area (Å²) in [6.07, 6.45) is 3.08. The molecule has 1 N–H and O–H groups in total. The second-order valence-electron chi connectivity index (χ2n) is 2.91. The normalized spacial score (nSPS) is 14.7. The van der Waals surface area contributed by atoms with Crippen LogP contribution in [0.1, 0.15) is 11.1 Å². The van der Waals surface area contributed by atoms with Crippen LogP contribution in [0.4, 0.5) is 0 Å². The zero-order valence-electron chi connectivity index (χ0n) is 6.25. The van der Waals surface area contributed by atoms with Gasteiger partial charge in [-0.15, -0.1) is 0 Å². The molecule has 11 heavy (non-hydrogen) atoms. The number of benzene rings is 1. The fraction of sp³-hybridized carbons (Fsp3) is 0.200. The molecule has 0 bridgehead atoms. The van der Waals surface area contributed by atoms with Gasteiger partial charge in [0.25, 0.3) is 0 Å². The molecular weight excluding hydrogens is 136 g/mol. The summed E-state index contributed by atoms with van der Waals surface area (Å²) in [6, 6.07) is 8.32. The topological polar surface area (TPSA) is 20.2 Å². The van der Waals surface area contributed by atoms with Gasteiger partial charge in [0.05, 0.1) is 6.26 Å². The summed E-state index contributed by atoms with van der Waals surface area (Å²) in [5, 5.41) is 8.78. The van der Waals surface area contributed by atoms with E-state index in [9.17, 15) is 0 Å². The fourth-order valence-electron chi connectivity index (χ4n) is 1.55. The predicted octanol–water partition coefficient (Wildman–Crippen LogP) is 2.23. The maximum Gasteiger partial charge on any atom is 0.0790 e. The van der Waals surface area contributed by atoms with Gasteiger partial charge in [-0.05, 0) is 29.5 Å². The lowest BCUT2D eigenvalue weighted by atomic mass is 10.1. The molecule has 0 aliphatic heterocycles. The lowest BCUT2D eigenvalue weighted by Gasteiger charge is -1.92. The molecule has 0 aromatic heterocycles. The number of allylic oxidation sites excluding steroid dienone is 1. The molecule has 0 fully saturated rings. The highest BCUT2D eigenvalue weighted by molar-refractivity contribution is 5.39. The Bertz CT molecular complexity index is 272. The van der Waals surface area contributed by atoms with Crippen molar-refractivity contribution in [1.82, 2.24) is 0 Å². The molecule has 0 saturated heterocycles. The van der Waals surface area contributed by atoms with E-state index in [4.69, 9.17) is 5.11 Å². The molecule has 56 valence electrons. The van der Waals surface area contributed by atoms with E-state index in [0.29, 0.717) is 0 Å². The Labute approximate surface area is 66.0 Å². The molecule has 0 saturated carbocycles. The molecule has 0 heterocycles. The fourth-order valence-corrected chi connectivity index (χ4v) is 1.55. The van der Waals surface area contributed by atoms with Gasteiger partial charge in [-0.1, -0.05) is 24.3 Å².